The molecule has 1 saturated heterocycles. The van der Waals surface area contributed by atoms with Crippen LogP contribution >= 0.6 is 11.6 Å². The molecule has 2 heterocycles. The van der Waals surface area contributed by atoms with E-state index in [4.69, 9.17) is 16.3 Å². The monoisotopic (exact) mass is 388 g/mol. The molecule has 0 saturated carbocycles. The lowest BCUT2D eigenvalue weighted by atomic mass is 9.97. The van der Waals surface area contributed by atoms with Crippen molar-refractivity contribution in [3.63, 3.8) is 0 Å². The smallest absolute Gasteiger partial charge is 0.417 e. The summed E-state index contributed by atoms with van der Waals surface area (Å²) in [6, 6.07) is 12.7. The van der Waals surface area contributed by atoms with E-state index in [1.807, 2.05) is 64.1 Å². The number of benzene rings is 1. The molecule has 1 aromatic heterocycles. The predicted octanol–water partition coefficient (Wildman–Crippen LogP) is 5.28. The highest BCUT2D eigenvalue weighted by Crippen LogP contribution is 2.30. The molecule has 2 amide bonds. The zero-order chi connectivity index (χ0) is 20.0. The molecule has 144 valence electrons. The maximum absolute atomic E-state index is 12.8. The molecule has 3 rings (SSSR count). The van der Waals surface area contributed by atoms with E-state index in [0.29, 0.717) is 5.15 Å². The minimum atomic E-state index is -0.588. The highest BCUT2D eigenvalue weighted by atomic mass is 35.5. The van der Waals surface area contributed by atoms with E-state index in [1.165, 1.54) is 4.90 Å². The summed E-state index contributed by atoms with van der Waals surface area (Å²) in [7, 11) is 0. The quantitative estimate of drug-likeness (QED) is 0.668. The Morgan fingerprint density at radius 3 is 2.59 bits per heavy atom. The second kappa shape index (κ2) is 9.51. The average molecular weight is 389 g/mol. The van der Waals surface area contributed by atoms with Gasteiger partial charge in [-0.15, -0.1) is 0 Å². The van der Waals surface area contributed by atoms with Gasteiger partial charge in [0.15, 0.2) is 0 Å². The number of ether oxygens (including phenoxy) is 1. The number of hydrogen-bond donors (Lipinski definition) is 0. The molecule has 1 aromatic carbocycles. The summed E-state index contributed by atoms with van der Waals surface area (Å²) in [5.74, 6) is -0.342. The van der Waals surface area contributed by atoms with Crippen LogP contribution in [0.1, 0.15) is 56.0 Å². The van der Waals surface area contributed by atoms with Crippen molar-refractivity contribution in [2.45, 2.75) is 46.1 Å². The van der Waals surface area contributed by atoms with E-state index in [2.05, 4.69) is 4.98 Å². The molecule has 0 radical (unpaired) electrons. The second-order valence-electron chi connectivity index (χ2n) is 6.24. The number of pyridine rings is 1. The van der Waals surface area contributed by atoms with Crippen molar-refractivity contribution in [2.24, 2.45) is 0 Å². The number of rotatable bonds is 4. The predicted molar refractivity (Wildman–Crippen MR) is 106 cm³/mol. The van der Waals surface area contributed by atoms with Crippen LogP contribution in [0.2, 0.25) is 5.15 Å². The van der Waals surface area contributed by atoms with E-state index in [1.54, 1.807) is 6.07 Å². The topological polar surface area (TPSA) is 59.5 Å². The molecule has 27 heavy (non-hydrogen) atoms. The number of carbonyl (C=O) groups is 2. The lowest BCUT2D eigenvalue weighted by Crippen LogP contribution is -2.34. The number of carbonyl (C=O) groups excluding carboxylic acids is 2. The maximum Gasteiger partial charge on any atom is 0.417 e. The Labute approximate surface area is 165 Å². The Hall–Kier alpha value is -2.40. The fourth-order valence-corrected chi connectivity index (χ4v) is 3.29. The van der Waals surface area contributed by atoms with E-state index < -0.39 is 6.09 Å². The molecule has 2 unspecified atom stereocenters. The molecule has 0 bridgehead atoms. The first-order valence-corrected chi connectivity index (χ1v) is 9.51. The first-order chi connectivity index (χ1) is 13.0. The Morgan fingerprint density at radius 2 is 1.96 bits per heavy atom. The lowest BCUT2D eigenvalue weighted by molar-refractivity contribution is -0.129. The molecule has 0 aliphatic carbocycles. The van der Waals surface area contributed by atoms with Crippen LogP contribution in [-0.2, 0) is 9.53 Å². The summed E-state index contributed by atoms with van der Waals surface area (Å²) in [4.78, 5) is 30.2. The Morgan fingerprint density at radius 1 is 1.30 bits per heavy atom. The molecule has 1 fully saturated rings. The minimum Gasteiger partial charge on any atom is -0.446 e. The summed E-state index contributed by atoms with van der Waals surface area (Å²) in [6.07, 6.45) is -0.395. The van der Waals surface area contributed by atoms with Crippen LogP contribution < -0.4 is 0 Å². The molecule has 6 heteroatoms. The number of aryl methyl sites for hydroxylation is 1. The van der Waals surface area contributed by atoms with Gasteiger partial charge in [0, 0.05) is 12.1 Å². The van der Waals surface area contributed by atoms with Gasteiger partial charge in [0.2, 0.25) is 5.91 Å². The van der Waals surface area contributed by atoms with Gasteiger partial charge in [-0.3, -0.25) is 4.79 Å². The SMILES string of the molecule is CC.Cc1cc(C(C)CC(=O)N2C(=O)OCC2c2ccccc2)cc(Cl)n1. The Balaban J connectivity index is 0.00000126. The maximum atomic E-state index is 12.8. The second-order valence-corrected chi connectivity index (χ2v) is 6.62. The van der Waals surface area contributed by atoms with E-state index in [9.17, 15) is 9.59 Å². The van der Waals surface area contributed by atoms with Crippen molar-refractivity contribution in [3.05, 3.63) is 64.4 Å². The molecule has 0 N–H and O–H groups in total. The zero-order valence-corrected chi connectivity index (χ0v) is 16.9. The summed E-state index contributed by atoms with van der Waals surface area (Å²) < 4.78 is 5.11. The van der Waals surface area contributed by atoms with Crippen molar-refractivity contribution in [1.82, 2.24) is 9.88 Å². The van der Waals surface area contributed by atoms with Gasteiger partial charge in [0.1, 0.15) is 17.8 Å². The van der Waals surface area contributed by atoms with Crippen LogP contribution in [0, 0.1) is 6.92 Å². The van der Waals surface area contributed by atoms with Gasteiger partial charge in [0.25, 0.3) is 0 Å². The Bertz CT molecular complexity index is 775. The van der Waals surface area contributed by atoms with Crippen LogP contribution in [0.15, 0.2) is 42.5 Å². The van der Waals surface area contributed by atoms with Gasteiger partial charge in [-0.05, 0) is 36.1 Å². The third-order valence-corrected chi connectivity index (χ3v) is 4.51. The molecule has 1 aliphatic rings. The van der Waals surface area contributed by atoms with Gasteiger partial charge in [-0.2, -0.15) is 0 Å². The fraction of sp³-hybridized carbons (Fsp3) is 0.381. The number of nitrogens with zero attached hydrogens (tertiary/aromatic N) is 2. The number of aromatic nitrogens is 1. The lowest BCUT2D eigenvalue weighted by Gasteiger charge is -2.22. The standard InChI is InChI=1S/C19H19ClN2O3.C2H6/c1-12(15-9-13(2)21-17(20)10-15)8-18(23)22-16(11-25-19(22)24)14-6-4-3-5-7-14;1-2/h3-7,9-10,12,16H,8,11H2,1-2H3;1-2H3. The van der Waals surface area contributed by atoms with Crippen molar-refractivity contribution in [3.8, 4) is 0 Å². The average Bonchev–Trinajstić information content (AvgIpc) is 3.05. The molecule has 5 nitrogen and oxygen atoms in total. The molecule has 1 aliphatic heterocycles. The number of cyclic esters (lactones) is 1. The molecule has 2 atom stereocenters. The van der Waals surface area contributed by atoms with Crippen LogP contribution in [0.3, 0.4) is 0 Å². The number of hydrogen-bond acceptors (Lipinski definition) is 4. The van der Waals surface area contributed by atoms with Gasteiger partial charge < -0.3 is 4.74 Å². The summed E-state index contributed by atoms with van der Waals surface area (Å²) in [5, 5.41) is 0.400. The largest absolute Gasteiger partial charge is 0.446 e. The molecular formula is C21H25ClN2O3. The van der Waals surface area contributed by atoms with Crippen LogP contribution in [0.25, 0.3) is 0 Å². The number of imide groups is 1. The first-order valence-electron chi connectivity index (χ1n) is 9.13. The van der Waals surface area contributed by atoms with Crippen molar-refractivity contribution in [1.29, 1.82) is 0 Å². The fourth-order valence-electron chi connectivity index (χ4n) is 3.03. The van der Waals surface area contributed by atoms with Gasteiger partial charge in [-0.1, -0.05) is 62.7 Å². The van der Waals surface area contributed by atoms with E-state index >= 15 is 0 Å². The number of halogens is 1. The van der Waals surface area contributed by atoms with E-state index in [-0.39, 0.29) is 30.9 Å². The molecule has 2 aromatic rings. The van der Waals surface area contributed by atoms with Crippen LogP contribution in [0.5, 0.6) is 0 Å². The highest BCUT2D eigenvalue weighted by molar-refractivity contribution is 6.29. The zero-order valence-electron chi connectivity index (χ0n) is 16.1. The van der Waals surface area contributed by atoms with E-state index in [0.717, 1.165) is 16.8 Å². The van der Waals surface area contributed by atoms with Crippen molar-refractivity contribution >= 4 is 23.6 Å². The molecule has 0 spiro atoms. The van der Waals surface area contributed by atoms with Crippen LogP contribution in [-0.4, -0.2) is 28.5 Å². The first kappa shape index (κ1) is 20.9. The number of amides is 2. The van der Waals surface area contributed by atoms with Gasteiger partial charge in [-0.25, -0.2) is 14.7 Å². The summed E-state index contributed by atoms with van der Waals surface area (Å²) in [5.41, 5.74) is 2.61. The third-order valence-electron chi connectivity index (χ3n) is 4.32. The minimum absolute atomic E-state index is 0.0866. The van der Waals surface area contributed by atoms with Crippen LogP contribution in [0.4, 0.5) is 4.79 Å². The Kier molecular flexibility index (Phi) is 7.36. The van der Waals surface area contributed by atoms with Crippen molar-refractivity contribution < 1.29 is 14.3 Å². The van der Waals surface area contributed by atoms with Gasteiger partial charge >= 0.3 is 6.09 Å². The summed E-state index contributed by atoms with van der Waals surface area (Å²) in [6.45, 7) is 7.97. The molecular weight excluding hydrogens is 364 g/mol. The van der Waals surface area contributed by atoms with Gasteiger partial charge in [0.05, 0.1) is 0 Å². The summed E-state index contributed by atoms with van der Waals surface area (Å²) >= 11 is 6.00. The highest BCUT2D eigenvalue weighted by Gasteiger charge is 2.39. The van der Waals surface area contributed by atoms with Crippen molar-refractivity contribution in [2.75, 3.05) is 6.61 Å². The third kappa shape index (κ3) is 5.07. The normalized spacial score (nSPS) is 17.0.